The van der Waals surface area contributed by atoms with Gasteiger partial charge in [-0.25, -0.2) is 0 Å². The Morgan fingerprint density at radius 2 is 1.74 bits per heavy atom. The van der Waals surface area contributed by atoms with Gasteiger partial charge in [0.1, 0.15) is 5.75 Å². The predicted molar refractivity (Wildman–Crippen MR) is 97.6 cm³/mol. The molecule has 0 unspecified atom stereocenters. The van der Waals surface area contributed by atoms with Crippen LogP contribution in [-0.2, 0) is 6.54 Å². The molecule has 0 heterocycles. The Hall–Kier alpha value is -0.540. The number of halogens is 1. The molecule has 0 aliphatic heterocycles. The lowest BCUT2D eigenvalue weighted by atomic mass is 9.54. The minimum absolute atomic E-state index is 0.211. The first-order valence-electron chi connectivity index (χ1n) is 9.27. The Bertz CT molecular complexity index is 543. The summed E-state index contributed by atoms with van der Waals surface area (Å²) in [7, 11) is 0. The van der Waals surface area contributed by atoms with Crippen molar-refractivity contribution in [3.05, 3.63) is 28.2 Å². The van der Waals surface area contributed by atoms with E-state index in [9.17, 15) is 0 Å². The summed E-state index contributed by atoms with van der Waals surface area (Å²) in [6.07, 6.45) is 7.67. The first-order chi connectivity index (χ1) is 11.1. The molecule has 4 bridgehead atoms. The van der Waals surface area contributed by atoms with E-state index in [-0.39, 0.29) is 6.10 Å². The molecule has 126 valence electrons. The van der Waals surface area contributed by atoms with Crippen LogP contribution in [0.15, 0.2) is 22.7 Å². The quantitative estimate of drug-likeness (QED) is 0.765. The van der Waals surface area contributed by atoms with Crippen LogP contribution in [0.5, 0.6) is 5.75 Å². The highest BCUT2D eigenvalue weighted by atomic mass is 79.9. The molecule has 4 fully saturated rings. The van der Waals surface area contributed by atoms with Crippen LogP contribution in [0.1, 0.15) is 51.5 Å². The zero-order valence-corrected chi connectivity index (χ0v) is 15.8. The summed E-state index contributed by atoms with van der Waals surface area (Å²) < 4.78 is 6.87. The number of benzene rings is 1. The van der Waals surface area contributed by atoms with Gasteiger partial charge in [0.25, 0.3) is 0 Å². The fourth-order valence-corrected chi connectivity index (χ4v) is 6.02. The molecule has 2 nitrogen and oxygen atoms in total. The standard InChI is InChI=1S/C20H28BrNO/c1-12(2)23-19-4-3-13(10-18(19)21)11-22-20-16-6-14-5-15(8-16)9-17(20)7-14/h3-4,10,12,14-17,20,22H,5-9,11H2,1-2H3. The lowest BCUT2D eigenvalue weighted by Gasteiger charge is -2.54. The van der Waals surface area contributed by atoms with Crippen molar-refractivity contribution in [3.63, 3.8) is 0 Å². The third kappa shape index (κ3) is 3.32. The third-order valence-corrected chi connectivity index (χ3v) is 6.75. The fourth-order valence-electron chi connectivity index (χ4n) is 5.50. The summed E-state index contributed by atoms with van der Waals surface area (Å²) in [5.74, 6) is 4.93. The Kier molecular flexibility index (Phi) is 4.44. The van der Waals surface area contributed by atoms with Crippen LogP contribution in [0.25, 0.3) is 0 Å². The van der Waals surface area contributed by atoms with Crippen molar-refractivity contribution in [2.24, 2.45) is 23.7 Å². The van der Waals surface area contributed by atoms with Crippen molar-refractivity contribution in [3.8, 4) is 5.75 Å². The van der Waals surface area contributed by atoms with Crippen LogP contribution in [0.2, 0.25) is 0 Å². The maximum atomic E-state index is 5.80. The molecule has 1 aromatic rings. The van der Waals surface area contributed by atoms with Gasteiger partial charge in [-0.3, -0.25) is 0 Å². The van der Waals surface area contributed by atoms with Gasteiger partial charge >= 0.3 is 0 Å². The summed E-state index contributed by atoms with van der Waals surface area (Å²) in [5, 5.41) is 3.91. The van der Waals surface area contributed by atoms with Gasteiger partial charge in [-0.15, -0.1) is 0 Å². The molecule has 5 rings (SSSR count). The van der Waals surface area contributed by atoms with Crippen LogP contribution in [-0.4, -0.2) is 12.1 Å². The number of ether oxygens (including phenoxy) is 1. The zero-order valence-electron chi connectivity index (χ0n) is 14.2. The molecule has 0 spiro atoms. The van der Waals surface area contributed by atoms with E-state index in [0.717, 1.165) is 46.5 Å². The molecular formula is C20H28BrNO. The van der Waals surface area contributed by atoms with Gasteiger partial charge in [-0.2, -0.15) is 0 Å². The number of nitrogens with one attached hydrogen (secondary N) is 1. The van der Waals surface area contributed by atoms with E-state index < -0.39 is 0 Å². The molecule has 0 aromatic heterocycles. The fraction of sp³-hybridized carbons (Fsp3) is 0.700. The van der Waals surface area contributed by atoms with E-state index in [1.54, 1.807) is 0 Å². The highest BCUT2D eigenvalue weighted by Crippen LogP contribution is 2.53. The van der Waals surface area contributed by atoms with Crippen LogP contribution >= 0.6 is 15.9 Å². The Morgan fingerprint density at radius 1 is 1.09 bits per heavy atom. The predicted octanol–water partition coefficient (Wildman–Crippen LogP) is 5.15. The molecule has 1 N–H and O–H groups in total. The Morgan fingerprint density at radius 3 is 2.30 bits per heavy atom. The molecule has 4 aliphatic rings. The van der Waals surface area contributed by atoms with Crippen LogP contribution in [0, 0.1) is 23.7 Å². The number of hydrogen-bond acceptors (Lipinski definition) is 2. The Labute approximate surface area is 148 Å². The normalized spacial score (nSPS) is 35.0. The van der Waals surface area contributed by atoms with E-state index in [2.05, 4.69) is 53.3 Å². The Balaban J connectivity index is 1.38. The van der Waals surface area contributed by atoms with Gasteiger partial charge in [-0.05, 0) is 103 Å². The topological polar surface area (TPSA) is 21.3 Å². The van der Waals surface area contributed by atoms with Crippen molar-refractivity contribution >= 4 is 15.9 Å². The van der Waals surface area contributed by atoms with Gasteiger partial charge in [-0.1, -0.05) is 6.07 Å². The first kappa shape index (κ1) is 16.0. The molecule has 0 amide bonds. The smallest absolute Gasteiger partial charge is 0.133 e. The summed E-state index contributed by atoms with van der Waals surface area (Å²) in [5.41, 5.74) is 1.35. The molecule has 23 heavy (non-hydrogen) atoms. The van der Waals surface area contributed by atoms with Crippen LogP contribution < -0.4 is 10.1 Å². The monoisotopic (exact) mass is 377 g/mol. The molecule has 0 saturated heterocycles. The lowest BCUT2D eigenvalue weighted by Crippen LogP contribution is -2.54. The average Bonchev–Trinajstić information content (AvgIpc) is 2.48. The number of rotatable bonds is 5. The minimum atomic E-state index is 0.211. The summed E-state index contributed by atoms with van der Waals surface area (Å²) in [6.45, 7) is 5.11. The van der Waals surface area contributed by atoms with Gasteiger partial charge in [0, 0.05) is 12.6 Å². The average molecular weight is 378 g/mol. The van der Waals surface area contributed by atoms with Crippen molar-refractivity contribution in [2.45, 2.75) is 64.6 Å². The van der Waals surface area contributed by atoms with E-state index in [0.29, 0.717) is 0 Å². The molecule has 4 saturated carbocycles. The highest BCUT2D eigenvalue weighted by molar-refractivity contribution is 9.10. The maximum Gasteiger partial charge on any atom is 0.133 e. The SMILES string of the molecule is CC(C)Oc1ccc(CNC2C3CC4CC(C3)CC2C4)cc1Br. The largest absolute Gasteiger partial charge is 0.490 e. The second kappa shape index (κ2) is 6.40. The summed E-state index contributed by atoms with van der Waals surface area (Å²) >= 11 is 3.65. The van der Waals surface area contributed by atoms with Gasteiger partial charge in [0.05, 0.1) is 10.6 Å². The molecule has 0 atom stereocenters. The van der Waals surface area contributed by atoms with Crippen LogP contribution in [0.4, 0.5) is 0 Å². The summed E-state index contributed by atoms with van der Waals surface area (Å²) in [4.78, 5) is 0. The highest BCUT2D eigenvalue weighted by Gasteiger charge is 2.47. The second-order valence-electron chi connectivity index (χ2n) is 8.27. The van der Waals surface area contributed by atoms with E-state index in [1.165, 1.54) is 37.7 Å². The third-order valence-electron chi connectivity index (χ3n) is 6.13. The van der Waals surface area contributed by atoms with Crippen molar-refractivity contribution < 1.29 is 4.74 Å². The van der Waals surface area contributed by atoms with E-state index in [1.807, 2.05) is 0 Å². The summed E-state index contributed by atoms with van der Waals surface area (Å²) in [6, 6.07) is 7.26. The molecule has 1 aromatic carbocycles. The van der Waals surface area contributed by atoms with E-state index >= 15 is 0 Å². The molecule has 3 heteroatoms. The molecule has 0 radical (unpaired) electrons. The van der Waals surface area contributed by atoms with Gasteiger partial charge in [0.2, 0.25) is 0 Å². The van der Waals surface area contributed by atoms with Crippen LogP contribution in [0.3, 0.4) is 0 Å². The van der Waals surface area contributed by atoms with Gasteiger partial charge in [0.15, 0.2) is 0 Å². The zero-order chi connectivity index (χ0) is 16.0. The van der Waals surface area contributed by atoms with E-state index in [4.69, 9.17) is 4.74 Å². The number of hydrogen-bond donors (Lipinski definition) is 1. The second-order valence-corrected chi connectivity index (χ2v) is 9.12. The van der Waals surface area contributed by atoms with Gasteiger partial charge < -0.3 is 10.1 Å². The van der Waals surface area contributed by atoms with Crippen molar-refractivity contribution in [1.82, 2.24) is 5.32 Å². The molecular weight excluding hydrogens is 350 g/mol. The maximum absolute atomic E-state index is 5.80. The van der Waals surface area contributed by atoms with Crippen molar-refractivity contribution in [2.75, 3.05) is 0 Å². The first-order valence-corrected chi connectivity index (χ1v) is 10.1. The van der Waals surface area contributed by atoms with Crippen molar-refractivity contribution in [1.29, 1.82) is 0 Å². The lowest BCUT2D eigenvalue weighted by molar-refractivity contribution is -0.0142. The molecule has 4 aliphatic carbocycles. The minimum Gasteiger partial charge on any atom is -0.490 e.